The lowest BCUT2D eigenvalue weighted by molar-refractivity contribution is -0.137. The minimum atomic E-state index is -4.29. The van der Waals surface area contributed by atoms with Crippen LogP contribution in [0, 0.1) is 31.3 Å². The van der Waals surface area contributed by atoms with Gasteiger partial charge in [0.2, 0.25) is 0 Å². The van der Waals surface area contributed by atoms with Gasteiger partial charge in [-0.25, -0.2) is 18.2 Å². The molecule has 0 saturated carbocycles. The number of hydrogen-bond donors (Lipinski definition) is 0. The molecule has 9 aromatic heterocycles. The van der Waals surface area contributed by atoms with E-state index in [9.17, 15) is 26.3 Å². The third-order valence-corrected chi connectivity index (χ3v) is 16.7. The molecule has 10 aromatic rings. The molecule has 0 unspecified atom stereocenters. The van der Waals surface area contributed by atoms with Crippen LogP contribution >= 0.6 is 34.8 Å². The molecule has 0 bridgehead atoms. The smallest absolute Gasteiger partial charge is 0.264 e. The zero-order valence-corrected chi connectivity index (χ0v) is 75.2. The van der Waals surface area contributed by atoms with E-state index in [0.29, 0.717) is 27.7 Å². The van der Waals surface area contributed by atoms with Crippen molar-refractivity contribution in [3.8, 4) is 0 Å². The fourth-order valence-electron chi connectivity index (χ4n) is 9.24. The van der Waals surface area contributed by atoms with E-state index in [1.165, 1.54) is 41.9 Å². The molecule has 112 heavy (non-hydrogen) atoms. The molecule has 0 spiro atoms. The standard InChI is InChI=1S/C10H13Cl.C10H12F3N.2C10H15N.2C9H12ClN.3C9H12FN.C9H13N/c1-10(2,3)8-5-4-6-9(11)7-8;1-9(2,3)8-6-7(4-5-14-8)10(11,12)13;1-8-7-9(5-6-11-8)10(2,3)4;1-8-6-5-7-9(11-8)10(2,3)4;1-9(2,3)8-6-7(10)4-5-11-8;1-9(2,3)7-5-4-6-8(10)11-7;1-9(2,3)7-6-11-5-4-8(7)10;1-9(2,3)7-4-5-11-6-8(7)10;1-9(2,3)8-7(10)5-4-6-11-8;1-9(2,3)8-6-4-5-7-10-8/h4-7H,1-3H3;4-6H,1-3H3;2*5-7H,1-4H3;5*4-6H,1-3H3;4-7H,1-3H3. The van der Waals surface area contributed by atoms with Crippen LogP contribution in [-0.2, 0) is 60.3 Å². The van der Waals surface area contributed by atoms with Crippen molar-refractivity contribution in [1.29, 1.82) is 0 Å². The summed E-state index contributed by atoms with van der Waals surface area (Å²) in [5, 5.41) is 2.14. The molecule has 1 aromatic carbocycles. The first-order valence-corrected chi connectivity index (χ1v) is 38.6. The molecule has 612 valence electrons. The Labute approximate surface area is 685 Å². The van der Waals surface area contributed by atoms with Gasteiger partial charge in [-0.15, -0.1) is 0 Å². The summed E-state index contributed by atoms with van der Waals surface area (Å²) in [5.74, 6) is -0.618. The Morgan fingerprint density at radius 1 is 0.268 bits per heavy atom. The van der Waals surface area contributed by atoms with Gasteiger partial charge in [-0.2, -0.15) is 13.2 Å². The number of rotatable bonds is 0. The Kier molecular flexibility index (Phi) is 40.1. The second-order valence-electron chi connectivity index (χ2n) is 37.3. The summed E-state index contributed by atoms with van der Waals surface area (Å²) in [7, 11) is 0. The lowest BCUT2D eigenvalue weighted by Crippen LogP contribution is -2.15. The van der Waals surface area contributed by atoms with Crippen LogP contribution < -0.4 is 0 Å². The van der Waals surface area contributed by atoms with E-state index in [-0.39, 0.29) is 71.6 Å². The van der Waals surface area contributed by atoms with Crippen molar-refractivity contribution in [2.24, 2.45) is 0 Å². The second-order valence-corrected chi connectivity index (χ2v) is 38.5. The minimum absolute atomic E-state index is 0.0882. The number of alkyl halides is 3. The molecule has 0 radical (unpaired) electrons. The number of aromatic nitrogens is 9. The molecule has 18 heteroatoms. The number of pyridine rings is 9. The zero-order chi connectivity index (χ0) is 86.5. The van der Waals surface area contributed by atoms with Crippen LogP contribution in [0.25, 0.3) is 0 Å². The molecule has 9 nitrogen and oxygen atoms in total. The third-order valence-electron chi connectivity index (χ3n) is 16.0. The van der Waals surface area contributed by atoms with E-state index in [1.54, 1.807) is 49.1 Å². The van der Waals surface area contributed by atoms with Crippen LogP contribution in [0.5, 0.6) is 0 Å². The van der Waals surface area contributed by atoms with Gasteiger partial charge in [0.05, 0.1) is 17.5 Å². The monoisotopic (exact) mass is 1600 g/mol. The number of benzene rings is 1. The second kappa shape index (κ2) is 44.0. The van der Waals surface area contributed by atoms with Crippen molar-refractivity contribution in [3.05, 3.63) is 301 Å². The van der Waals surface area contributed by atoms with E-state index in [2.05, 4.69) is 206 Å². The molecule has 0 N–H and O–H groups in total. The normalized spacial score (nSPS) is 11.8. The SMILES string of the molecule is CC(C)(C)c1cc(C(F)(F)F)ccn1.CC(C)(C)c1cc(Cl)ccn1.CC(C)(C)c1cccc(Cl)c1.CC(C)(C)c1cccc(Cl)n1.CC(C)(C)c1ccccn1.CC(C)(C)c1ccncc1F.CC(C)(C)c1cnccc1F.CC(C)(C)c1ncccc1F.Cc1cc(C(C)(C)C)ccn1.Cc1cccc(C(C)(C)C)n1. The molecule has 0 saturated heterocycles. The van der Waals surface area contributed by atoms with Gasteiger partial charge in [0.15, 0.2) is 0 Å². The van der Waals surface area contributed by atoms with Gasteiger partial charge in [-0.1, -0.05) is 273 Å². The maximum absolute atomic E-state index is 13.0. The first-order valence-electron chi connectivity index (χ1n) is 37.5. The van der Waals surface area contributed by atoms with Gasteiger partial charge >= 0.3 is 6.18 Å². The van der Waals surface area contributed by atoms with Crippen LogP contribution in [0.15, 0.2) is 195 Å². The summed E-state index contributed by atoms with van der Waals surface area (Å²) in [6, 6.07) is 42.0. The van der Waals surface area contributed by atoms with Gasteiger partial charge < -0.3 is 0 Å². The summed E-state index contributed by atoms with van der Waals surface area (Å²) < 4.78 is 76.1. The van der Waals surface area contributed by atoms with Crippen LogP contribution in [0.1, 0.15) is 281 Å². The Hall–Kier alpha value is -7.98. The summed E-state index contributed by atoms with van der Waals surface area (Å²) in [6.07, 6.45) is 9.87. The lowest BCUT2D eigenvalue weighted by Gasteiger charge is -2.18. The molecule has 0 aliphatic rings. The van der Waals surface area contributed by atoms with Crippen LogP contribution in [-0.4, -0.2) is 44.9 Å². The van der Waals surface area contributed by atoms with Gasteiger partial charge in [0, 0.05) is 138 Å². The van der Waals surface area contributed by atoms with E-state index >= 15 is 0 Å². The first kappa shape index (κ1) is 102. The topological polar surface area (TPSA) is 116 Å². The number of nitrogens with zero attached hydrogens (tertiary/aromatic N) is 9. The molecule has 0 fully saturated rings. The average molecular weight is 1600 g/mol. The van der Waals surface area contributed by atoms with E-state index < -0.39 is 11.7 Å². The van der Waals surface area contributed by atoms with Crippen molar-refractivity contribution < 1.29 is 26.3 Å². The lowest BCUT2D eigenvalue weighted by atomic mass is 9.87. The highest BCUT2D eigenvalue weighted by molar-refractivity contribution is 6.31. The minimum Gasteiger partial charge on any atom is -0.264 e. The average Bonchev–Trinajstić information content (AvgIpc) is 0.832. The predicted molar refractivity (Wildman–Crippen MR) is 461 cm³/mol. The summed E-state index contributed by atoms with van der Waals surface area (Å²) in [4.78, 5) is 36.7. The van der Waals surface area contributed by atoms with Crippen LogP contribution in [0.3, 0.4) is 0 Å². The third kappa shape index (κ3) is 41.2. The van der Waals surface area contributed by atoms with Crippen molar-refractivity contribution in [2.45, 2.75) is 282 Å². The molecule has 0 atom stereocenters. The van der Waals surface area contributed by atoms with Gasteiger partial charge in [-0.05, 0) is 161 Å². The molecule has 10 rings (SSSR count). The molecule has 0 amide bonds. The highest BCUT2D eigenvalue weighted by atomic mass is 35.5. The van der Waals surface area contributed by atoms with Crippen LogP contribution in [0.4, 0.5) is 26.3 Å². The van der Waals surface area contributed by atoms with Gasteiger partial charge in [0.1, 0.15) is 22.6 Å². The quantitative estimate of drug-likeness (QED) is 0.108. The van der Waals surface area contributed by atoms with E-state index in [0.717, 1.165) is 56.3 Å². The van der Waals surface area contributed by atoms with E-state index in [1.807, 2.05) is 164 Å². The molecule has 0 aliphatic heterocycles. The Morgan fingerprint density at radius 3 is 1.05 bits per heavy atom. The zero-order valence-electron chi connectivity index (χ0n) is 72.9. The summed E-state index contributed by atoms with van der Waals surface area (Å²) >= 11 is 17.4. The maximum Gasteiger partial charge on any atom is 0.416 e. The Bertz CT molecular complexity index is 3900. The van der Waals surface area contributed by atoms with Crippen molar-refractivity contribution >= 4 is 34.8 Å². The maximum atomic E-state index is 13.0. The van der Waals surface area contributed by atoms with Crippen molar-refractivity contribution in [3.63, 3.8) is 0 Å². The highest BCUT2D eigenvalue weighted by Crippen LogP contribution is 2.33. The molecule has 9 heterocycles. The predicted octanol–water partition coefficient (Wildman–Crippen LogP) is 28.4. The summed E-state index contributed by atoms with van der Waals surface area (Å²) in [6.45, 7) is 66.1. The largest absolute Gasteiger partial charge is 0.416 e. The fraction of sp³-hybridized carbons (Fsp3) is 0.457. The van der Waals surface area contributed by atoms with Gasteiger partial charge in [-0.3, -0.25) is 39.9 Å². The summed E-state index contributed by atoms with van der Waals surface area (Å²) in [5.41, 5.74) is 11.0. The molecular weight excluding hydrogens is 1480 g/mol. The molecular formula is C94H128Cl3F6N9. The van der Waals surface area contributed by atoms with Crippen molar-refractivity contribution in [1.82, 2.24) is 44.9 Å². The number of halogens is 9. The first-order chi connectivity index (χ1) is 50.9. The fourth-order valence-corrected chi connectivity index (χ4v) is 9.76. The highest BCUT2D eigenvalue weighted by Gasteiger charge is 2.32. The van der Waals surface area contributed by atoms with Gasteiger partial charge in [0.25, 0.3) is 0 Å². The Morgan fingerprint density at radius 2 is 0.705 bits per heavy atom. The molecule has 0 aliphatic carbocycles. The van der Waals surface area contributed by atoms with E-state index in [4.69, 9.17) is 34.8 Å². The van der Waals surface area contributed by atoms with Crippen LogP contribution in [0.2, 0.25) is 15.2 Å². The van der Waals surface area contributed by atoms with Crippen molar-refractivity contribution in [2.75, 3.05) is 0 Å². The Balaban J connectivity index is 0.000000623. The number of hydrogen-bond acceptors (Lipinski definition) is 9. The number of aryl methyl sites for hydroxylation is 2.